The minimum absolute atomic E-state index is 0.00123. The highest BCUT2D eigenvalue weighted by atomic mass is 35.5. The summed E-state index contributed by atoms with van der Waals surface area (Å²) in [5.41, 5.74) is 4.07. The van der Waals surface area contributed by atoms with E-state index < -0.39 is 0 Å². The number of hydrogen-bond donors (Lipinski definition) is 2. The van der Waals surface area contributed by atoms with Gasteiger partial charge in [0.15, 0.2) is 0 Å². The second kappa shape index (κ2) is 8.39. The van der Waals surface area contributed by atoms with Crippen molar-refractivity contribution in [1.82, 2.24) is 0 Å². The number of halogens is 1. The first-order chi connectivity index (χ1) is 15.1. The molecule has 0 aliphatic carbocycles. The Labute approximate surface area is 190 Å². The first-order valence-corrected chi connectivity index (χ1v) is 11.3. The molecule has 0 fully saturated rings. The zero-order valence-electron chi connectivity index (χ0n) is 16.6. The van der Waals surface area contributed by atoms with Crippen LogP contribution < -0.4 is 0 Å². The maximum absolute atomic E-state index is 10.7. The molecular formula is C26H20ClNO2S. The van der Waals surface area contributed by atoms with Crippen molar-refractivity contribution in [3.63, 3.8) is 0 Å². The molecule has 4 aromatic rings. The molecule has 0 saturated carbocycles. The van der Waals surface area contributed by atoms with E-state index in [1.807, 2.05) is 18.2 Å². The van der Waals surface area contributed by atoms with Crippen LogP contribution in [-0.4, -0.2) is 15.9 Å². The summed E-state index contributed by atoms with van der Waals surface area (Å²) in [6.45, 7) is -0.154. The van der Waals surface area contributed by atoms with Gasteiger partial charge in [-0.3, -0.25) is 4.99 Å². The van der Waals surface area contributed by atoms with E-state index in [1.165, 1.54) is 16.3 Å². The fourth-order valence-corrected chi connectivity index (χ4v) is 5.57. The summed E-state index contributed by atoms with van der Waals surface area (Å²) in [6, 6.07) is 26.2. The van der Waals surface area contributed by atoms with Crippen LogP contribution >= 0.6 is 23.4 Å². The van der Waals surface area contributed by atoms with Gasteiger partial charge in [-0.25, -0.2) is 0 Å². The number of phenols is 1. The van der Waals surface area contributed by atoms with Gasteiger partial charge >= 0.3 is 0 Å². The van der Waals surface area contributed by atoms with E-state index >= 15 is 0 Å². The van der Waals surface area contributed by atoms with Crippen LogP contribution in [0.3, 0.4) is 0 Å². The summed E-state index contributed by atoms with van der Waals surface area (Å²) in [7, 11) is 0. The lowest BCUT2D eigenvalue weighted by molar-refractivity contribution is 0.281. The molecule has 1 aliphatic heterocycles. The third-order valence-electron chi connectivity index (χ3n) is 5.56. The fraction of sp³-hybridized carbons (Fsp3) is 0.115. The quantitative estimate of drug-likeness (QED) is 0.355. The lowest BCUT2D eigenvalue weighted by atomic mass is 9.96. The Morgan fingerprint density at radius 2 is 1.74 bits per heavy atom. The number of phenolic OH excluding ortho intramolecular Hbond substituents is 1. The average molecular weight is 446 g/mol. The summed E-state index contributed by atoms with van der Waals surface area (Å²) >= 11 is 8.05. The lowest BCUT2D eigenvalue weighted by Crippen LogP contribution is -2.07. The molecular weight excluding hydrogens is 426 g/mol. The van der Waals surface area contributed by atoms with E-state index in [0.717, 1.165) is 16.3 Å². The van der Waals surface area contributed by atoms with E-state index in [0.29, 0.717) is 17.5 Å². The van der Waals surface area contributed by atoms with Gasteiger partial charge in [0, 0.05) is 22.1 Å². The fourth-order valence-electron chi connectivity index (χ4n) is 4.05. The van der Waals surface area contributed by atoms with Crippen molar-refractivity contribution in [3.05, 3.63) is 101 Å². The van der Waals surface area contributed by atoms with Crippen LogP contribution in [0, 0.1) is 0 Å². The number of rotatable bonds is 3. The van der Waals surface area contributed by atoms with Crippen molar-refractivity contribution in [1.29, 1.82) is 0 Å². The van der Waals surface area contributed by atoms with Gasteiger partial charge < -0.3 is 10.2 Å². The Bertz CT molecular complexity index is 1310. The van der Waals surface area contributed by atoms with Crippen LogP contribution in [0.25, 0.3) is 10.8 Å². The van der Waals surface area contributed by atoms with Crippen LogP contribution in [0.2, 0.25) is 5.02 Å². The zero-order chi connectivity index (χ0) is 21.4. The van der Waals surface area contributed by atoms with E-state index in [2.05, 4.69) is 48.5 Å². The second-order valence-electron chi connectivity index (χ2n) is 7.54. The van der Waals surface area contributed by atoms with Gasteiger partial charge in [-0.2, -0.15) is 0 Å². The molecule has 5 heteroatoms. The van der Waals surface area contributed by atoms with Crippen LogP contribution in [-0.2, 0) is 6.61 Å². The summed E-state index contributed by atoms with van der Waals surface area (Å²) in [4.78, 5) is 6.03. The van der Waals surface area contributed by atoms with Crippen molar-refractivity contribution < 1.29 is 10.2 Å². The van der Waals surface area contributed by atoms with Gasteiger partial charge in [0.05, 0.1) is 23.0 Å². The van der Waals surface area contributed by atoms with E-state index in [9.17, 15) is 10.2 Å². The number of para-hydroxylation sites is 1. The molecule has 154 valence electrons. The highest BCUT2D eigenvalue weighted by Gasteiger charge is 2.25. The first kappa shape index (κ1) is 20.1. The largest absolute Gasteiger partial charge is 0.506 e. The SMILES string of the molecule is OCc1cc(Cl)c(O)c(C2=Nc3ccccc3SC(c3cccc4ccccc34)C2)c1. The van der Waals surface area contributed by atoms with Gasteiger partial charge in [-0.1, -0.05) is 66.2 Å². The molecule has 4 aromatic carbocycles. The number of aliphatic hydroxyl groups excluding tert-OH is 1. The molecule has 1 unspecified atom stereocenters. The van der Waals surface area contributed by atoms with Crippen LogP contribution in [0.15, 0.2) is 88.8 Å². The number of thioether (sulfide) groups is 1. The van der Waals surface area contributed by atoms with Gasteiger partial charge in [0.2, 0.25) is 0 Å². The van der Waals surface area contributed by atoms with Crippen molar-refractivity contribution in [2.75, 3.05) is 0 Å². The molecule has 1 heterocycles. The van der Waals surface area contributed by atoms with Gasteiger partial charge in [0.1, 0.15) is 5.75 Å². The number of aliphatic hydroxyl groups is 1. The molecule has 0 spiro atoms. The van der Waals surface area contributed by atoms with Crippen LogP contribution in [0.4, 0.5) is 5.69 Å². The number of nitrogens with zero attached hydrogens (tertiary/aromatic N) is 1. The highest BCUT2D eigenvalue weighted by molar-refractivity contribution is 7.99. The summed E-state index contributed by atoms with van der Waals surface area (Å²) in [5, 5.41) is 23.1. The Morgan fingerprint density at radius 1 is 0.968 bits per heavy atom. The van der Waals surface area contributed by atoms with E-state index in [4.69, 9.17) is 16.6 Å². The van der Waals surface area contributed by atoms with Crippen molar-refractivity contribution in [3.8, 4) is 5.75 Å². The molecule has 3 nitrogen and oxygen atoms in total. The molecule has 0 aromatic heterocycles. The van der Waals surface area contributed by atoms with Crippen LogP contribution in [0.1, 0.15) is 28.4 Å². The smallest absolute Gasteiger partial charge is 0.143 e. The van der Waals surface area contributed by atoms with Crippen LogP contribution in [0.5, 0.6) is 5.75 Å². The Balaban J connectivity index is 1.69. The Kier molecular flexibility index (Phi) is 5.45. The normalized spacial score (nSPS) is 15.9. The number of benzene rings is 4. The zero-order valence-corrected chi connectivity index (χ0v) is 18.2. The molecule has 5 rings (SSSR count). The molecule has 0 radical (unpaired) electrons. The number of aromatic hydroxyl groups is 1. The molecule has 0 amide bonds. The molecule has 2 N–H and O–H groups in total. The molecule has 1 atom stereocenters. The average Bonchev–Trinajstić information content (AvgIpc) is 3.00. The summed E-state index contributed by atoms with van der Waals surface area (Å²) in [5.74, 6) is -0.00123. The number of hydrogen-bond acceptors (Lipinski definition) is 4. The minimum Gasteiger partial charge on any atom is -0.506 e. The van der Waals surface area contributed by atoms with E-state index in [1.54, 1.807) is 23.9 Å². The van der Waals surface area contributed by atoms with Gasteiger partial charge in [-0.15, -0.1) is 11.8 Å². The molecule has 0 saturated heterocycles. The van der Waals surface area contributed by atoms with Crippen molar-refractivity contribution >= 4 is 45.5 Å². The molecule has 31 heavy (non-hydrogen) atoms. The second-order valence-corrected chi connectivity index (χ2v) is 9.19. The maximum atomic E-state index is 10.7. The van der Waals surface area contributed by atoms with Crippen molar-refractivity contribution in [2.45, 2.75) is 23.2 Å². The standard InChI is InChI=1S/C26H20ClNO2S/c27-21-13-16(15-29)12-20(26(21)30)23-14-25(31-24-11-4-3-10-22(24)28-23)19-9-5-7-17-6-1-2-8-18(17)19/h1-13,25,29-30H,14-15H2. The predicted molar refractivity (Wildman–Crippen MR) is 129 cm³/mol. The topological polar surface area (TPSA) is 52.8 Å². The van der Waals surface area contributed by atoms with Gasteiger partial charge in [-0.05, 0) is 46.2 Å². The maximum Gasteiger partial charge on any atom is 0.143 e. The van der Waals surface area contributed by atoms with Gasteiger partial charge in [0.25, 0.3) is 0 Å². The third-order valence-corrected chi connectivity index (χ3v) is 7.15. The lowest BCUT2D eigenvalue weighted by Gasteiger charge is -2.19. The summed E-state index contributed by atoms with van der Waals surface area (Å²) in [6.07, 6.45) is 0.617. The predicted octanol–water partition coefficient (Wildman–Crippen LogP) is 7.05. The number of aliphatic imine (C=N–C) groups is 1. The highest BCUT2D eigenvalue weighted by Crippen LogP contribution is 2.48. The van der Waals surface area contributed by atoms with E-state index in [-0.39, 0.29) is 22.6 Å². The molecule has 0 bridgehead atoms. The van der Waals surface area contributed by atoms with Crippen molar-refractivity contribution in [2.24, 2.45) is 4.99 Å². The summed E-state index contributed by atoms with van der Waals surface area (Å²) < 4.78 is 0. The monoisotopic (exact) mass is 445 g/mol. The Hall–Kier alpha value is -2.79. The third kappa shape index (κ3) is 3.83. The number of fused-ring (bicyclic) bond motifs is 2. The Morgan fingerprint density at radius 3 is 2.61 bits per heavy atom. The first-order valence-electron chi connectivity index (χ1n) is 10.1. The minimum atomic E-state index is -0.154. The molecule has 1 aliphatic rings.